The van der Waals surface area contributed by atoms with Crippen LogP contribution in [0.3, 0.4) is 0 Å². The number of aromatic nitrogens is 2. The van der Waals surface area contributed by atoms with E-state index in [1.165, 1.54) is 11.1 Å². The molecule has 2 N–H and O–H groups in total. The Morgan fingerprint density at radius 1 is 1.18 bits per heavy atom. The van der Waals surface area contributed by atoms with Gasteiger partial charge >= 0.3 is 0 Å². The molecule has 17 heavy (non-hydrogen) atoms. The molecule has 0 unspecified atom stereocenters. The van der Waals surface area contributed by atoms with Crippen molar-refractivity contribution < 1.29 is 0 Å². The Morgan fingerprint density at radius 2 is 1.94 bits per heavy atom. The predicted molar refractivity (Wildman–Crippen MR) is 70.6 cm³/mol. The van der Waals surface area contributed by atoms with Crippen LogP contribution in [0.2, 0.25) is 0 Å². The van der Waals surface area contributed by atoms with Crippen LogP contribution < -0.4 is 5.73 Å². The smallest absolute Gasteiger partial charge is 0.139 e. The van der Waals surface area contributed by atoms with Crippen molar-refractivity contribution in [2.75, 3.05) is 6.54 Å². The highest BCUT2D eigenvalue weighted by molar-refractivity contribution is 5.55. The summed E-state index contributed by atoms with van der Waals surface area (Å²) in [6.07, 6.45) is 7.16. The van der Waals surface area contributed by atoms with E-state index in [4.69, 9.17) is 5.73 Å². The van der Waals surface area contributed by atoms with Crippen LogP contribution in [-0.4, -0.2) is 16.1 Å². The molecule has 1 aromatic heterocycles. The van der Waals surface area contributed by atoms with E-state index in [0.717, 1.165) is 31.6 Å². The molecule has 90 valence electrons. The summed E-state index contributed by atoms with van der Waals surface area (Å²) < 4.78 is 2.03. The number of unbranched alkanes of at least 4 members (excludes halogenated alkanes) is 1. The predicted octanol–water partition coefficient (Wildman–Crippen LogP) is 2.37. The molecule has 0 atom stereocenters. The summed E-state index contributed by atoms with van der Waals surface area (Å²) in [5.41, 5.74) is 8.02. The van der Waals surface area contributed by atoms with Crippen molar-refractivity contribution >= 4 is 0 Å². The maximum Gasteiger partial charge on any atom is 0.139 e. The molecule has 0 aliphatic carbocycles. The Kier molecular flexibility index (Phi) is 3.94. The van der Waals surface area contributed by atoms with Crippen LogP contribution in [0.25, 0.3) is 11.4 Å². The van der Waals surface area contributed by atoms with Gasteiger partial charge in [-0.2, -0.15) is 0 Å². The Balaban J connectivity index is 2.06. The monoisotopic (exact) mass is 229 g/mol. The zero-order valence-electron chi connectivity index (χ0n) is 10.3. The van der Waals surface area contributed by atoms with Crippen molar-refractivity contribution in [1.82, 2.24) is 9.55 Å². The lowest BCUT2D eigenvalue weighted by Gasteiger charge is -2.04. The second-order valence-electron chi connectivity index (χ2n) is 4.30. The quantitative estimate of drug-likeness (QED) is 0.800. The molecule has 2 aromatic rings. The van der Waals surface area contributed by atoms with Gasteiger partial charge in [0.1, 0.15) is 5.82 Å². The van der Waals surface area contributed by atoms with Gasteiger partial charge in [-0.05, 0) is 31.4 Å². The molecule has 0 aliphatic rings. The molecular formula is C14H19N3. The highest BCUT2D eigenvalue weighted by atomic mass is 15.0. The van der Waals surface area contributed by atoms with Crippen molar-refractivity contribution in [3.63, 3.8) is 0 Å². The summed E-state index contributed by atoms with van der Waals surface area (Å²) in [4.78, 5) is 4.34. The average molecular weight is 229 g/mol. The van der Waals surface area contributed by atoms with Crippen molar-refractivity contribution in [2.24, 2.45) is 12.8 Å². The first kappa shape index (κ1) is 11.9. The summed E-state index contributed by atoms with van der Waals surface area (Å²) in [5.74, 6) is 1.01. The molecule has 0 radical (unpaired) electrons. The number of hydrogen-bond donors (Lipinski definition) is 1. The first-order valence-electron chi connectivity index (χ1n) is 6.08. The van der Waals surface area contributed by atoms with Gasteiger partial charge in [-0.1, -0.05) is 24.3 Å². The van der Waals surface area contributed by atoms with Gasteiger partial charge in [-0.25, -0.2) is 4.98 Å². The molecule has 0 saturated carbocycles. The summed E-state index contributed by atoms with van der Waals surface area (Å²) in [6, 6.07) is 8.64. The van der Waals surface area contributed by atoms with Gasteiger partial charge in [0.2, 0.25) is 0 Å². The standard InChI is InChI=1S/C14H19N3/c1-17-11-10-16-14(17)13-7-5-12(6-8-13)4-2-3-9-15/h5-8,10-11H,2-4,9,15H2,1H3. The van der Waals surface area contributed by atoms with Crippen molar-refractivity contribution in [3.8, 4) is 11.4 Å². The topological polar surface area (TPSA) is 43.8 Å². The Labute approximate surface area is 102 Å². The maximum absolute atomic E-state index is 5.49. The summed E-state index contributed by atoms with van der Waals surface area (Å²) in [5, 5.41) is 0. The molecule has 1 aromatic carbocycles. The lowest BCUT2D eigenvalue weighted by Crippen LogP contribution is -1.99. The second kappa shape index (κ2) is 5.64. The van der Waals surface area contributed by atoms with Gasteiger partial charge < -0.3 is 10.3 Å². The number of imidazole rings is 1. The number of nitrogens with two attached hydrogens (primary N) is 1. The molecule has 0 saturated heterocycles. The molecule has 0 amide bonds. The zero-order valence-corrected chi connectivity index (χ0v) is 10.3. The fourth-order valence-corrected chi connectivity index (χ4v) is 1.94. The second-order valence-corrected chi connectivity index (χ2v) is 4.30. The molecule has 2 rings (SSSR count). The van der Waals surface area contributed by atoms with Gasteiger partial charge in [0, 0.05) is 25.0 Å². The Morgan fingerprint density at radius 3 is 2.53 bits per heavy atom. The third-order valence-corrected chi connectivity index (χ3v) is 2.95. The van der Waals surface area contributed by atoms with Crippen LogP contribution in [0.15, 0.2) is 36.7 Å². The van der Waals surface area contributed by atoms with E-state index in [-0.39, 0.29) is 0 Å². The molecule has 3 nitrogen and oxygen atoms in total. The Hall–Kier alpha value is -1.61. The summed E-state index contributed by atoms with van der Waals surface area (Å²) >= 11 is 0. The highest BCUT2D eigenvalue weighted by Gasteiger charge is 2.02. The molecule has 3 heteroatoms. The fraction of sp³-hybridized carbons (Fsp3) is 0.357. The maximum atomic E-state index is 5.49. The lowest BCUT2D eigenvalue weighted by atomic mass is 10.1. The van der Waals surface area contributed by atoms with Crippen LogP contribution >= 0.6 is 0 Å². The van der Waals surface area contributed by atoms with Crippen LogP contribution in [0.5, 0.6) is 0 Å². The van der Waals surface area contributed by atoms with Crippen molar-refractivity contribution in [1.29, 1.82) is 0 Å². The first-order chi connectivity index (χ1) is 8.31. The lowest BCUT2D eigenvalue weighted by molar-refractivity contribution is 0.745. The zero-order chi connectivity index (χ0) is 12.1. The van der Waals surface area contributed by atoms with Crippen molar-refractivity contribution in [3.05, 3.63) is 42.2 Å². The average Bonchev–Trinajstić information content (AvgIpc) is 2.77. The van der Waals surface area contributed by atoms with Gasteiger partial charge in [0.05, 0.1) is 0 Å². The van der Waals surface area contributed by atoms with E-state index in [9.17, 15) is 0 Å². The van der Waals surface area contributed by atoms with E-state index in [0.29, 0.717) is 0 Å². The van der Waals surface area contributed by atoms with Gasteiger partial charge in [-0.15, -0.1) is 0 Å². The van der Waals surface area contributed by atoms with Crippen LogP contribution in [0, 0.1) is 0 Å². The normalized spacial score (nSPS) is 10.7. The van der Waals surface area contributed by atoms with Crippen LogP contribution in [-0.2, 0) is 13.5 Å². The first-order valence-corrected chi connectivity index (χ1v) is 6.08. The van der Waals surface area contributed by atoms with Crippen LogP contribution in [0.1, 0.15) is 18.4 Å². The number of rotatable bonds is 5. The third kappa shape index (κ3) is 2.94. The third-order valence-electron chi connectivity index (χ3n) is 2.95. The number of benzene rings is 1. The largest absolute Gasteiger partial charge is 0.334 e. The minimum absolute atomic E-state index is 0.783. The molecule has 0 aliphatic heterocycles. The van der Waals surface area contributed by atoms with E-state index < -0.39 is 0 Å². The highest BCUT2D eigenvalue weighted by Crippen LogP contribution is 2.17. The molecule has 0 bridgehead atoms. The van der Waals surface area contributed by atoms with Gasteiger partial charge in [-0.3, -0.25) is 0 Å². The van der Waals surface area contributed by atoms with E-state index >= 15 is 0 Å². The SMILES string of the molecule is Cn1ccnc1-c1ccc(CCCCN)cc1. The van der Waals surface area contributed by atoms with Gasteiger partial charge in [0.25, 0.3) is 0 Å². The molecular weight excluding hydrogens is 210 g/mol. The summed E-state index contributed by atoms with van der Waals surface area (Å²) in [6.45, 7) is 0.783. The molecule has 0 fully saturated rings. The van der Waals surface area contributed by atoms with Crippen molar-refractivity contribution in [2.45, 2.75) is 19.3 Å². The van der Waals surface area contributed by atoms with Gasteiger partial charge in [0.15, 0.2) is 0 Å². The van der Waals surface area contributed by atoms with Crippen LogP contribution in [0.4, 0.5) is 0 Å². The Bertz CT molecular complexity index is 457. The minimum Gasteiger partial charge on any atom is -0.334 e. The number of nitrogens with zero attached hydrogens (tertiary/aromatic N) is 2. The number of aryl methyl sites for hydroxylation is 2. The van der Waals surface area contributed by atoms with E-state index in [1.807, 2.05) is 24.0 Å². The minimum atomic E-state index is 0.783. The molecule has 0 spiro atoms. The number of hydrogen-bond acceptors (Lipinski definition) is 2. The van der Waals surface area contributed by atoms with E-state index in [2.05, 4.69) is 29.2 Å². The summed E-state index contributed by atoms with van der Waals surface area (Å²) in [7, 11) is 2.01. The fourth-order valence-electron chi connectivity index (χ4n) is 1.94. The van der Waals surface area contributed by atoms with E-state index in [1.54, 1.807) is 0 Å². The molecule has 1 heterocycles.